The molecule has 9 heteroatoms. The van der Waals surface area contributed by atoms with E-state index in [2.05, 4.69) is 14.9 Å². The fourth-order valence-corrected chi connectivity index (χ4v) is 6.60. The molecular formula is C30H40N6O3. The Bertz CT molecular complexity index is 1160. The van der Waals surface area contributed by atoms with Gasteiger partial charge in [0.25, 0.3) is 5.91 Å². The third-order valence-corrected chi connectivity index (χ3v) is 8.75. The van der Waals surface area contributed by atoms with Crippen LogP contribution in [0.25, 0.3) is 0 Å². The van der Waals surface area contributed by atoms with Crippen molar-refractivity contribution in [2.45, 2.75) is 40.0 Å². The van der Waals surface area contributed by atoms with E-state index in [1.54, 1.807) is 30.3 Å². The molecule has 3 aliphatic heterocycles. The van der Waals surface area contributed by atoms with E-state index < -0.39 is 0 Å². The summed E-state index contributed by atoms with van der Waals surface area (Å²) in [6.45, 7) is 11.9. The number of aryl methyl sites for hydroxylation is 2. The molecule has 1 aromatic carbocycles. The summed E-state index contributed by atoms with van der Waals surface area (Å²) < 4.78 is 0. The fourth-order valence-electron chi connectivity index (χ4n) is 6.60. The quantitative estimate of drug-likeness (QED) is 0.545. The Morgan fingerprint density at radius 2 is 1.51 bits per heavy atom. The maximum Gasteiger partial charge on any atom is 0.254 e. The standard InChI is InChI=1S/C30H40N6O3/c1-21-7-4-8-22(2)27(21)29(39)35-19-25-17-33(18-26(25)20-35)13-6-14-36(30-31-11-5-12-32-30)28(38)24-9-15-34(16-10-24)23(3)37/h4-5,7-8,11-12,24-26H,6,9-10,13-20H2,1-3H3. The molecule has 2 unspecified atom stereocenters. The molecule has 0 spiro atoms. The van der Waals surface area contributed by atoms with E-state index in [0.29, 0.717) is 50.3 Å². The predicted octanol–water partition coefficient (Wildman–Crippen LogP) is 2.78. The van der Waals surface area contributed by atoms with Crippen molar-refractivity contribution >= 4 is 23.7 Å². The lowest BCUT2D eigenvalue weighted by molar-refractivity contribution is -0.133. The number of anilines is 1. The van der Waals surface area contributed by atoms with Gasteiger partial charge in [-0.3, -0.25) is 19.3 Å². The van der Waals surface area contributed by atoms with Gasteiger partial charge in [0.05, 0.1) is 0 Å². The molecule has 4 heterocycles. The number of benzene rings is 1. The lowest BCUT2D eigenvalue weighted by Gasteiger charge is -2.33. The summed E-state index contributed by atoms with van der Waals surface area (Å²) >= 11 is 0. The van der Waals surface area contributed by atoms with Crippen LogP contribution >= 0.6 is 0 Å². The molecule has 5 rings (SSSR count). The van der Waals surface area contributed by atoms with Gasteiger partial charge in [-0.25, -0.2) is 9.97 Å². The van der Waals surface area contributed by atoms with E-state index in [0.717, 1.165) is 55.8 Å². The highest BCUT2D eigenvalue weighted by molar-refractivity contribution is 5.97. The molecular weight excluding hydrogens is 492 g/mol. The van der Waals surface area contributed by atoms with Gasteiger partial charge in [0.2, 0.25) is 17.8 Å². The molecule has 0 radical (unpaired) electrons. The molecule has 9 nitrogen and oxygen atoms in total. The molecule has 2 atom stereocenters. The van der Waals surface area contributed by atoms with Crippen molar-refractivity contribution in [3.63, 3.8) is 0 Å². The Hall–Kier alpha value is -3.33. The van der Waals surface area contributed by atoms with Gasteiger partial charge in [0.1, 0.15) is 0 Å². The predicted molar refractivity (Wildman–Crippen MR) is 149 cm³/mol. The van der Waals surface area contributed by atoms with Crippen LogP contribution in [0.4, 0.5) is 5.95 Å². The van der Waals surface area contributed by atoms with Gasteiger partial charge in [-0.15, -0.1) is 0 Å². The third-order valence-electron chi connectivity index (χ3n) is 8.75. The number of carbonyl (C=O) groups is 3. The molecule has 0 aliphatic carbocycles. The largest absolute Gasteiger partial charge is 0.343 e. The second kappa shape index (κ2) is 11.8. The second-order valence-corrected chi connectivity index (χ2v) is 11.4. The van der Waals surface area contributed by atoms with Crippen molar-refractivity contribution in [1.82, 2.24) is 24.7 Å². The van der Waals surface area contributed by atoms with Crippen molar-refractivity contribution in [3.05, 3.63) is 53.3 Å². The number of rotatable bonds is 7. The number of fused-ring (bicyclic) bond motifs is 1. The average molecular weight is 533 g/mol. The first-order valence-corrected chi connectivity index (χ1v) is 14.2. The molecule has 3 amide bonds. The molecule has 0 bridgehead atoms. The number of hydrogen-bond acceptors (Lipinski definition) is 6. The average Bonchev–Trinajstić information content (AvgIpc) is 3.50. The molecule has 208 valence electrons. The summed E-state index contributed by atoms with van der Waals surface area (Å²) in [4.78, 5) is 55.3. The summed E-state index contributed by atoms with van der Waals surface area (Å²) in [5.74, 6) is 1.63. The van der Waals surface area contributed by atoms with Crippen LogP contribution in [0.2, 0.25) is 0 Å². The molecule has 0 saturated carbocycles. The molecule has 3 aliphatic rings. The zero-order valence-corrected chi connectivity index (χ0v) is 23.4. The van der Waals surface area contributed by atoms with Crippen LogP contribution in [0.5, 0.6) is 0 Å². The first-order valence-electron chi connectivity index (χ1n) is 14.2. The van der Waals surface area contributed by atoms with Crippen LogP contribution < -0.4 is 4.90 Å². The molecule has 39 heavy (non-hydrogen) atoms. The summed E-state index contributed by atoms with van der Waals surface area (Å²) in [6.07, 6.45) is 5.53. The van der Waals surface area contributed by atoms with Crippen molar-refractivity contribution in [2.75, 3.05) is 57.3 Å². The number of likely N-dealkylation sites (tertiary alicyclic amines) is 3. The summed E-state index contributed by atoms with van der Waals surface area (Å²) in [6, 6.07) is 7.80. The van der Waals surface area contributed by atoms with Gasteiger partial charge in [0, 0.05) is 76.6 Å². The van der Waals surface area contributed by atoms with Crippen LogP contribution in [0.3, 0.4) is 0 Å². The third kappa shape index (κ3) is 5.98. The van der Waals surface area contributed by atoms with Gasteiger partial charge in [0.15, 0.2) is 0 Å². The minimum atomic E-state index is -0.115. The van der Waals surface area contributed by atoms with Crippen molar-refractivity contribution in [3.8, 4) is 0 Å². The maximum absolute atomic E-state index is 13.5. The van der Waals surface area contributed by atoms with Crippen LogP contribution in [-0.2, 0) is 9.59 Å². The zero-order valence-electron chi connectivity index (χ0n) is 23.4. The Kier molecular flexibility index (Phi) is 8.26. The monoisotopic (exact) mass is 532 g/mol. The van der Waals surface area contributed by atoms with E-state index in [4.69, 9.17) is 0 Å². The second-order valence-electron chi connectivity index (χ2n) is 11.4. The highest BCUT2D eigenvalue weighted by Gasteiger charge is 2.42. The lowest BCUT2D eigenvalue weighted by atomic mass is 9.95. The van der Waals surface area contributed by atoms with E-state index in [1.165, 1.54) is 0 Å². The number of piperidine rings is 1. The van der Waals surface area contributed by atoms with Gasteiger partial charge >= 0.3 is 0 Å². The molecule has 3 fully saturated rings. The Labute approximate surface area is 231 Å². The minimum absolute atomic E-state index is 0.0587. The number of nitrogens with zero attached hydrogens (tertiary/aromatic N) is 6. The topological polar surface area (TPSA) is 90.0 Å². The SMILES string of the molecule is CC(=O)N1CCC(C(=O)N(CCCN2CC3CN(C(=O)c4c(C)cccc4C)CC3C2)c2ncccn2)CC1. The smallest absolute Gasteiger partial charge is 0.254 e. The number of aromatic nitrogens is 2. The highest BCUT2D eigenvalue weighted by atomic mass is 16.2. The van der Waals surface area contributed by atoms with E-state index in [1.807, 2.05) is 41.8 Å². The summed E-state index contributed by atoms with van der Waals surface area (Å²) in [7, 11) is 0. The summed E-state index contributed by atoms with van der Waals surface area (Å²) in [5.41, 5.74) is 2.95. The Morgan fingerprint density at radius 1 is 0.897 bits per heavy atom. The Morgan fingerprint density at radius 3 is 2.10 bits per heavy atom. The lowest BCUT2D eigenvalue weighted by Crippen LogP contribution is -2.45. The number of hydrogen-bond donors (Lipinski definition) is 0. The zero-order chi connectivity index (χ0) is 27.5. The normalized spacial score (nSPS) is 21.7. The first-order chi connectivity index (χ1) is 18.8. The highest BCUT2D eigenvalue weighted by Crippen LogP contribution is 2.33. The van der Waals surface area contributed by atoms with Crippen LogP contribution in [-0.4, -0.2) is 94.7 Å². The van der Waals surface area contributed by atoms with Crippen molar-refractivity contribution in [1.29, 1.82) is 0 Å². The Balaban J connectivity index is 1.14. The van der Waals surface area contributed by atoms with E-state index in [-0.39, 0.29) is 23.6 Å². The first kappa shape index (κ1) is 27.2. The fraction of sp³-hybridized carbons (Fsp3) is 0.567. The van der Waals surface area contributed by atoms with Gasteiger partial charge in [-0.2, -0.15) is 0 Å². The van der Waals surface area contributed by atoms with Gasteiger partial charge in [-0.05, 0) is 68.7 Å². The van der Waals surface area contributed by atoms with Crippen LogP contribution in [0.1, 0.15) is 47.7 Å². The summed E-state index contributed by atoms with van der Waals surface area (Å²) in [5, 5.41) is 0. The van der Waals surface area contributed by atoms with E-state index >= 15 is 0 Å². The van der Waals surface area contributed by atoms with Crippen molar-refractivity contribution < 1.29 is 14.4 Å². The molecule has 1 aromatic heterocycles. The van der Waals surface area contributed by atoms with E-state index in [9.17, 15) is 14.4 Å². The maximum atomic E-state index is 13.5. The molecule has 0 N–H and O–H groups in total. The number of carbonyl (C=O) groups excluding carboxylic acids is 3. The van der Waals surface area contributed by atoms with Crippen LogP contribution in [0.15, 0.2) is 36.7 Å². The minimum Gasteiger partial charge on any atom is -0.343 e. The van der Waals surface area contributed by atoms with Gasteiger partial charge in [-0.1, -0.05) is 18.2 Å². The van der Waals surface area contributed by atoms with Crippen LogP contribution in [0, 0.1) is 31.6 Å². The molecule has 3 saturated heterocycles. The van der Waals surface area contributed by atoms with Crippen molar-refractivity contribution in [2.24, 2.45) is 17.8 Å². The number of amides is 3. The molecule has 2 aromatic rings. The van der Waals surface area contributed by atoms with Gasteiger partial charge < -0.3 is 14.7 Å².